The number of benzene rings is 1. The molecule has 1 aromatic rings. The summed E-state index contributed by atoms with van der Waals surface area (Å²) in [5, 5.41) is 0. The third-order valence-corrected chi connectivity index (χ3v) is 1.96. The van der Waals surface area contributed by atoms with Crippen molar-refractivity contribution in [2.24, 2.45) is 0 Å². The van der Waals surface area contributed by atoms with Crippen molar-refractivity contribution < 1.29 is 14.3 Å². The third-order valence-electron chi connectivity index (χ3n) is 1.96. The van der Waals surface area contributed by atoms with Crippen LogP contribution in [0.15, 0.2) is 30.4 Å². The summed E-state index contributed by atoms with van der Waals surface area (Å²) in [6.07, 6.45) is 0. The standard InChI is InChI=1S/C12H16N2O3/c1-8(2)12(15)17-6-5-16-11-7-9(13)3-4-10(11)14/h3-4,7H,1,5-6,13-14H2,2H3. The molecule has 0 aliphatic carbocycles. The Morgan fingerprint density at radius 2 is 2.06 bits per heavy atom. The predicted octanol–water partition coefficient (Wildman–Crippen LogP) is 1.35. The summed E-state index contributed by atoms with van der Waals surface area (Å²) < 4.78 is 10.2. The largest absolute Gasteiger partial charge is 0.488 e. The molecular formula is C12H16N2O3. The molecule has 0 unspecified atom stereocenters. The van der Waals surface area contributed by atoms with Gasteiger partial charge in [-0.3, -0.25) is 0 Å². The zero-order chi connectivity index (χ0) is 12.8. The quantitative estimate of drug-likeness (QED) is 0.349. The minimum absolute atomic E-state index is 0.139. The van der Waals surface area contributed by atoms with E-state index in [0.29, 0.717) is 22.7 Å². The van der Waals surface area contributed by atoms with E-state index in [1.165, 1.54) is 0 Å². The van der Waals surface area contributed by atoms with E-state index in [4.69, 9.17) is 20.9 Å². The van der Waals surface area contributed by atoms with E-state index in [1.54, 1.807) is 25.1 Å². The van der Waals surface area contributed by atoms with Crippen LogP contribution in [0, 0.1) is 0 Å². The number of hydrogen-bond acceptors (Lipinski definition) is 5. The van der Waals surface area contributed by atoms with Crippen molar-refractivity contribution in [3.8, 4) is 5.75 Å². The summed E-state index contributed by atoms with van der Waals surface area (Å²) in [5.74, 6) is 0.0468. The average molecular weight is 236 g/mol. The zero-order valence-electron chi connectivity index (χ0n) is 9.73. The molecule has 0 heterocycles. The molecule has 0 saturated carbocycles. The number of nitrogen functional groups attached to an aromatic ring is 2. The Hall–Kier alpha value is -2.17. The molecule has 0 aliphatic rings. The maximum absolute atomic E-state index is 11.1. The van der Waals surface area contributed by atoms with Crippen molar-refractivity contribution in [3.63, 3.8) is 0 Å². The molecule has 0 radical (unpaired) electrons. The molecule has 0 aromatic heterocycles. The molecule has 1 rings (SSSR count). The Morgan fingerprint density at radius 1 is 1.35 bits per heavy atom. The Balaban J connectivity index is 2.38. The lowest BCUT2D eigenvalue weighted by molar-refractivity contribution is -0.139. The van der Waals surface area contributed by atoms with Gasteiger partial charge in [-0.25, -0.2) is 4.79 Å². The van der Waals surface area contributed by atoms with Crippen LogP contribution in [-0.2, 0) is 9.53 Å². The molecular weight excluding hydrogens is 220 g/mol. The summed E-state index contributed by atoms with van der Waals surface area (Å²) in [4.78, 5) is 11.1. The van der Waals surface area contributed by atoms with Gasteiger partial charge < -0.3 is 20.9 Å². The van der Waals surface area contributed by atoms with Gasteiger partial charge in [0.1, 0.15) is 19.0 Å². The highest BCUT2D eigenvalue weighted by Gasteiger charge is 2.04. The van der Waals surface area contributed by atoms with Crippen LogP contribution in [0.25, 0.3) is 0 Å². The number of esters is 1. The van der Waals surface area contributed by atoms with Gasteiger partial charge >= 0.3 is 5.97 Å². The van der Waals surface area contributed by atoms with Gasteiger partial charge in [-0.2, -0.15) is 0 Å². The summed E-state index contributed by atoms with van der Waals surface area (Å²) in [5.41, 5.74) is 12.7. The molecule has 1 aromatic carbocycles. The van der Waals surface area contributed by atoms with Gasteiger partial charge in [0.05, 0.1) is 5.69 Å². The molecule has 0 saturated heterocycles. The molecule has 0 bridgehead atoms. The smallest absolute Gasteiger partial charge is 0.333 e. The van der Waals surface area contributed by atoms with Gasteiger partial charge in [-0.05, 0) is 19.1 Å². The first kappa shape index (κ1) is 12.9. The Labute approximate surface area is 100.0 Å². The zero-order valence-corrected chi connectivity index (χ0v) is 9.73. The molecule has 5 nitrogen and oxygen atoms in total. The second-order valence-corrected chi connectivity index (χ2v) is 3.56. The summed E-state index contributed by atoms with van der Waals surface area (Å²) in [6, 6.07) is 4.96. The molecule has 0 aliphatic heterocycles. The van der Waals surface area contributed by atoms with Gasteiger partial charge in [-0.1, -0.05) is 6.58 Å². The third kappa shape index (κ3) is 4.06. The lowest BCUT2D eigenvalue weighted by Crippen LogP contribution is -2.13. The van der Waals surface area contributed by atoms with Gasteiger partial charge in [0.15, 0.2) is 0 Å². The summed E-state index contributed by atoms with van der Waals surface area (Å²) in [6.45, 7) is 5.40. The SMILES string of the molecule is C=C(C)C(=O)OCCOc1cc(N)ccc1N. The van der Waals surface area contributed by atoms with Crippen LogP contribution in [0.5, 0.6) is 5.75 Å². The minimum Gasteiger partial charge on any atom is -0.488 e. The molecule has 5 heteroatoms. The topological polar surface area (TPSA) is 87.6 Å². The van der Waals surface area contributed by atoms with Crippen LogP contribution in [-0.4, -0.2) is 19.2 Å². The minimum atomic E-state index is -0.436. The van der Waals surface area contributed by atoms with Crippen LogP contribution >= 0.6 is 0 Å². The van der Waals surface area contributed by atoms with Crippen molar-refractivity contribution in [1.29, 1.82) is 0 Å². The molecule has 0 fully saturated rings. The highest BCUT2D eigenvalue weighted by atomic mass is 16.6. The van der Waals surface area contributed by atoms with E-state index in [0.717, 1.165) is 0 Å². The number of nitrogens with two attached hydrogens (primary N) is 2. The number of rotatable bonds is 5. The van der Waals surface area contributed by atoms with Crippen LogP contribution in [0.4, 0.5) is 11.4 Å². The van der Waals surface area contributed by atoms with Gasteiger partial charge in [0.2, 0.25) is 0 Å². The van der Waals surface area contributed by atoms with Crippen molar-refractivity contribution >= 4 is 17.3 Å². The van der Waals surface area contributed by atoms with E-state index >= 15 is 0 Å². The lowest BCUT2D eigenvalue weighted by atomic mass is 10.2. The number of anilines is 2. The number of hydrogen-bond donors (Lipinski definition) is 2. The van der Waals surface area contributed by atoms with E-state index in [1.807, 2.05) is 0 Å². The van der Waals surface area contributed by atoms with Gasteiger partial charge in [0, 0.05) is 17.3 Å². The second kappa shape index (κ2) is 5.79. The maximum Gasteiger partial charge on any atom is 0.333 e. The molecule has 0 amide bonds. The van der Waals surface area contributed by atoms with Crippen LogP contribution < -0.4 is 16.2 Å². The number of carbonyl (C=O) groups is 1. The van der Waals surface area contributed by atoms with Crippen molar-refractivity contribution in [2.45, 2.75) is 6.92 Å². The fourth-order valence-electron chi connectivity index (χ4n) is 1.09. The van der Waals surface area contributed by atoms with E-state index in [-0.39, 0.29) is 13.2 Å². The number of ether oxygens (including phenoxy) is 2. The van der Waals surface area contributed by atoms with Crippen LogP contribution in [0.3, 0.4) is 0 Å². The average Bonchev–Trinajstić information content (AvgIpc) is 2.28. The summed E-state index contributed by atoms with van der Waals surface area (Å²) >= 11 is 0. The first-order valence-corrected chi connectivity index (χ1v) is 5.11. The lowest BCUT2D eigenvalue weighted by Gasteiger charge is -2.09. The van der Waals surface area contributed by atoms with Crippen molar-refractivity contribution in [1.82, 2.24) is 0 Å². The van der Waals surface area contributed by atoms with E-state index < -0.39 is 5.97 Å². The molecule has 0 atom stereocenters. The molecule has 4 N–H and O–H groups in total. The van der Waals surface area contributed by atoms with Crippen molar-refractivity contribution in [2.75, 3.05) is 24.7 Å². The predicted molar refractivity (Wildman–Crippen MR) is 66.5 cm³/mol. The fraction of sp³-hybridized carbons (Fsp3) is 0.250. The van der Waals surface area contributed by atoms with Crippen LogP contribution in [0.1, 0.15) is 6.92 Å². The monoisotopic (exact) mass is 236 g/mol. The summed E-state index contributed by atoms with van der Waals surface area (Å²) in [7, 11) is 0. The van der Waals surface area contributed by atoms with Gasteiger partial charge in [-0.15, -0.1) is 0 Å². The van der Waals surface area contributed by atoms with Gasteiger partial charge in [0.25, 0.3) is 0 Å². The Kier molecular flexibility index (Phi) is 4.39. The number of carbonyl (C=O) groups excluding carboxylic acids is 1. The molecule has 0 spiro atoms. The van der Waals surface area contributed by atoms with E-state index in [2.05, 4.69) is 6.58 Å². The fourth-order valence-corrected chi connectivity index (χ4v) is 1.09. The second-order valence-electron chi connectivity index (χ2n) is 3.56. The maximum atomic E-state index is 11.1. The normalized spacial score (nSPS) is 9.71. The first-order valence-electron chi connectivity index (χ1n) is 5.11. The highest BCUT2D eigenvalue weighted by Crippen LogP contribution is 2.23. The van der Waals surface area contributed by atoms with E-state index in [9.17, 15) is 4.79 Å². The van der Waals surface area contributed by atoms with Crippen molar-refractivity contribution in [3.05, 3.63) is 30.4 Å². The molecule has 92 valence electrons. The first-order chi connectivity index (χ1) is 8.00. The molecule has 17 heavy (non-hydrogen) atoms. The Morgan fingerprint density at radius 3 is 2.71 bits per heavy atom. The van der Waals surface area contributed by atoms with Crippen LogP contribution in [0.2, 0.25) is 0 Å². The Bertz CT molecular complexity index is 430. The highest BCUT2D eigenvalue weighted by molar-refractivity contribution is 5.86.